The first kappa shape index (κ1) is 12.9. The Morgan fingerprint density at radius 3 is 2.56 bits per heavy atom. The van der Waals surface area contributed by atoms with Crippen LogP contribution in [0.3, 0.4) is 0 Å². The monoisotopic (exact) mass is 219 g/mol. The van der Waals surface area contributed by atoms with Crippen LogP contribution in [0.2, 0.25) is 0 Å². The maximum atomic E-state index is 4.94. The second-order valence-electron chi connectivity index (χ2n) is 4.04. The normalized spacial score (nSPS) is 13.2. The Bertz CT molecular complexity index is 316. The molecule has 0 aromatic heterocycles. The molecule has 0 spiro atoms. The molecule has 1 aromatic rings. The van der Waals surface area contributed by atoms with Crippen LogP contribution in [-0.2, 0) is 4.84 Å². The van der Waals surface area contributed by atoms with Crippen molar-refractivity contribution in [2.24, 2.45) is 5.90 Å². The molecule has 88 valence electrons. The van der Waals surface area contributed by atoms with Gasteiger partial charge in [-0.1, -0.05) is 50.3 Å². The summed E-state index contributed by atoms with van der Waals surface area (Å²) in [6.07, 6.45) is 6.21. The van der Waals surface area contributed by atoms with E-state index in [1.807, 2.05) is 0 Å². The third kappa shape index (κ3) is 4.17. The minimum Gasteiger partial charge on any atom is -0.304 e. The molecule has 0 heterocycles. The highest BCUT2D eigenvalue weighted by Gasteiger charge is 2.00. The van der Waals surface area contributed by atoms with E-state index in [1.165, 1.54) is 17.5 Å². The quantitative estimate of drug-likeness (QED) is 0.587. The standard InChI is InChI=1S/C14H21NO/c1-3-12(2)14-9-7-13(8-10-14)6-4-5-11-16-15/h4,6-10,12H,3,5,11,15H2,1-2H3/b6-4+. The average Bonchev–Trinajstić information content (AvgIpc) is 2.34. The molecule has 0 fully saturated rings. The van der Waals surface area contributed by atoms with Gasteiger partial charge in [0.1, 0.15) is 0 Å². The van der Waals surface area contributed by atoms with Crippen molar-refractivity contribution >= 4 is 6.08 Å². The van der Waals surface area contributed by atoms with Crippen molar-refractivity contribution in [1.82, 2.24) is 0 Å². The molecule has 2 nitrogen and oxygen atoms in total. The van der Waals surface area contributed by atoms with Crippen molar-refractivity contribution in [1.29, 1.82) is 0 Å². The maximum absolute atomic E-state index is 4.94. The SMILES string of the molecule is CCC(C)c1ccc(/C=C/CCON)cc1. The van der Waals surface area contributed by atoms with Crippen LogP contribution in [-0.4, -0.2) is 6.61 Å². The second-order valence-corrected chi connectivity index (χ2v) is 4.04. The highest BCUT2D eigenvalue weighted by Crippen LogP contribution is 2.19. The van der Waals surface area contributed by atoms with Gasteiger partial charge in [0.25, 0.3) is 0 Å². The zero-order valence-electron chi connectivity index (χ0n) is 10.1. The Kier molecular flexibility index (Phi) is 5.83. The van der Waals surface area contributed by atoms with Crippen LogP contribution in [0.4, 0.5) is 0 Å². The van der Waals surface area contributed by atoms with Crippen LogP contribution >= 0.6 is 0 Å². The summed E-state index contributed by atoms with van der Waals surface area (Å²) in [5.41, 5.74) is 2.63. The zero-order valence-corrected chi connectivity index (χ0v) is 10.1. The van der Waals surface area contributed by atoms with E-state index in [1.54, 1.807) is 0 Å². The summed E-state index contributed by atoms with van der Waals surface area (Å²) in [5.74, 6) is 5.58. The van der Waals surface area contributed by atoms with Gasteiger partial charge in [-0.15, -0.1) is 0 Å². The molecular formula is C14H21NO. The summed E-state index contributed by atoms with van der Waals surface area (Å²) in [6, 6.07) is 8.71. The largest absolute Gasteiger partial charge is 0.304 e. The molecular weight excluding hydrogens is 198 g/mol. The van der Waals surface area contributed by atoms with Gasteiger partial charge in [-0.3, -0.25) is 0 Å². The average molecular weight is 219 g/mol. The van der Waals surface area contributed by atoms with Gasteiger partial charge in [-0.05, 0) is 29.9 Å². The third-order valence-corrected chi connectivity index (χ3v) is 2.83. The third-order valence-electron chi connectivity index (χ3n) is 2.83. The van der Waals surface area contributed by atoms with Crippen LogP contribution < -0.4 is 5.90 Å². The van der Waals surface area contributed by atoms with Crippen molar-refractivity contribution in [2.75, 3.05) is 6.61 Å². The van der Waals surface area contributed by atoms with Crippen molar-refractivity contribution in [2.45, 2.75) is 32.6 Å². The predicted octanol–water partition coefficient (Wildman–Crippen LogP) is 3.49. The van der Waals surface area contributed by atoms with Crippen molar-refractivity contribution in [3.05, 3.63) is 41.5 Å². The summed E-state index contributed by atoms with van der Waals surface area (Å²) in [5, 5.41) is 0. The molecule has 1 aromatic carbocycles. The Balaban J connectivity index is 2.54. The highest BCUT2D eigenvalue weighted by molar-refractivity contribution is 5.49. The fraction of sp³-hybridized carbons (Fsp3) is 0.429. The van der Waals surface area contributed by atoms with Crippen molar-refractivity contribution < 1.29 is 4.84 Å². The molecule has 2 N–H and O–H groups in total. The summed E-state index contributed by atoms with van der Waals surface area (Å²) in [7, 11) is 0. The number of hydrogen-bond acceptors (Lipinski definition) is 2. The van der Waals surface area contributed by atoms with Crippen LogP contribution in [0.5, 0.6) is 0 Å². The first-order valence-electron chi connectivity index (χ1n) is 5.86. The molecule has 16 heavy (non-hydrogen) atoms. The van der Waals surface area contributed by atoms with Crippen LogP contribution in [0.1, 0.15) is 43.7 Å². The summed E-state index contributed by atoms with van der Waals surface area (Å²) < 4.78 is 0. The number of benzene rings is 1. The molecule has 1 atom stereocenters. The molecule has 0 bridgehead atoms. The minimum atomic E-state index is 0.571. The lowest BCUT2D eigenvalue weighted by molar-refractivity contribution is 0.143. The summed E-state index contributed by atoms with van der Waals surface area (Å²) in [4.78, 5) is 4.49. The highest BCUT2D eigenvalue weighted by atomic mass is 16.6. The van der Waals surface area contributed by atoms with E-state index in [4.69, 9.17) is 5.90 Å². The molecule has 0 saturated carbocycles. The number of nitrogens with two attached hydrogens (primary N) is 1. The van der Waals surface area contributed by atoms with E-state index in [2.05, 4.69) is 55.1 Å². The van der Waals surface area contributed by atoms with Gasteiger partial charge >= 0.3 is 0 Å². The van der Waals surface area contributed by atoms with Gasteiger partial charge in [0.05, 0.1) is 6.61 Å². The minimum absolute atomic E-state index is 0.571. The molecule has 0 saturated heterocycles. The number of rotatable bonds is 6. The lowest BCUT2D eigenvalue weighted by atomic mass is 9.97. The van der Waals surface area contributed by atoms with Gasteiger partial charge in [0.2, 0.25) is 0 Å². The molecule has 2 heteroatoms. The number of hydrogen-bond donors (Lipinski definition) is 1. The van der Waals surface area contributed by atoms with Crippen LogP contribution in [0, 0.1) is 0 Å². The second kappa shape index (κ2) is 7.20. The van der Waals surface area contributed by atoms with Gasteiger partial charge in [-0.25, -0.2) is 5.90 Å². The Hall–Kier alpha value is -1.12. The maximum Gasteiger partial charge on any atom is 0.0713 e. The Morgan fingerprint density at radius 1 is 1.31 bits per heavy atom. The molecule has 0 amide bonds. The smallest absolute Gasteiger partial charge is 0.0713 e. The van der Waals surface area contributed by atoms with Crippen LogP contribution in [0.25, 0.3) is 6.08 Å². The topological polar surface area (TPSA) is 35.2 Å². The van der Waals surface area contributed by atoms with Gasteiger partial charge in [0.15, 0.2) is 0 Å². The van der Waals surface area contributed by atoms with E-state index in [9.17, 15) is 0 Å². The molecule has 0 aliphatic carbocycles. The molecule has 0 aliphatic rings. The molecule has 1 rings (SSSR count). The van der Waals surface area contributed by atoms with Crippen molar-refractivity contribution in [3.8, 4) is 0 Å². The fourth-order valence-corrected chi connectivity index (χ4v) is 1.53. The predicted molar refractivity (Wildman–Crippen MR) is 68.9 cm³/mol. The zero-order chi connectivity index (χ0) is 11.8. The summed E-state index contributed by atoms with van der Waals surface area (Å²) >= 11 is 0. The van der Waals surface area contributed by atoms with E-state index < -0.39 is 0 Å². The fourth-order valence-electron chi connectivity index (χ4n) is 1.53. The first-order chi connectivity index (χ1) is 7.77. The van der Waals surface area contributed by atoms with E-state index >= 15 is 0 Å². The molecule has 1 unspecified atom stereocenters. The van der Waals surface area contributed by atoms with Crippen molar-refractivity contribution in [3.63, 3.8) is 0 Å². The Labute approximate surface area is 98.1 Å². The van der Waals surface area contributed by atoms with Gasteiger partial charge in [-0.2, -0.15) is 0 Å². The molecule has 0 aliphatic heterocycles. The van der Waals surface area contributed by atoms with E-state index in [-0.39, 0.29) is 0 Å². The van der Waals surface area contributed by atoms with Crippen LogP contribution in [0.15, 0.2) is 30.3 Å². The summed E-state index contributed by atoms with van der Waals surface area (Å²) in [6.45, 7) is 5.04. The first-order valence-corrected chi connectivity index (χ1v) is 5.86. The van der Waals surface area contributed by atoms with Gasteiger partial charge in [0, 0.05) is 0 Å². The lowest BCUT2D eigenvalue weighted by Crippen LogP contribution is -1.98. The van der Waals surface area contributed by atoms with Gasteiger partial charge < -0.3 is 4.84 Å². The van der Waals surface area contributed by atoms with E-state index in [0.29, 0.717) is 12.5 Å². The molecule has 0 radical (unpaired) electrons. The lowest BCUT2D eigenvalue weighted by Gasteiger charge is -2.08. The van der Waals surface area contributed by atoms with E-state index in [0.717, 1.165) is 6.42 Å². The Morgan fingerprint density at radius 2 is 2.00 bits per heavy atom.